The standard InChI is InChI=1S/C2H4N2O4.Ca.2H/c3-1(5)4-8-2(6)7;;;/h(H,6,7)(H3,3,4,5);;;/q;+2;2*-1. The number of carbonyl (C=O) groups is 2. The zero-order valence-electron chi connectivity index (χ0n) is 6.46. The van der Waals surface area contributed by atoms with Crippen LogP contribution in [0.5, 0.6) is 0 Å². The van der Waals surface area contributed by atoms with E-state index in [2.05, 4.69) is 10.6 Å². The number of urea groups is 1. The predicted molar refractivity (Wildman–Crippen MR) is 29.8 cm³/mol. The van der Waals surface area contributed by atoms with Crippen molar-refractivity contribution in [3.05, 3.63) is 0 Å². The molecule has 0 aromatic carbocycles. The number of nitrogens with two attached hydrogens (primary N) is 1. The molecule has 7 heteroatoms. The Kier molecular flexibility index (Phi) is 7.63. The van der Waals surface area contributed by atoms with E-state index in [9.17, 15) is 9.59 Å². The third kappa shape index (κ3) is 11.4. The van der Waals surface area contributed by atoms with Crippen LogP contribution in [0.3, 0.4) is 0 Å². The van der Waals surface area contributed by atoms with Crippen molar-refractivity contribution in [2.45, 2.75) is 0 Å². The van der Waals surface area contributed by atoms with Gasteiger partial charge < -0.3 is 18.5 Å². The quantitative estimate of drug-likeness (QED) is 0.317. The summed E-state index contributed by atoms with van der Waals surface area (Å²) in [4.78, 5) is 22.5. The predicted octanol–water partition coefficient (Wildman–Crippen LogP) is -0.892. The largest absolute Gasteiger partial charge is 2.00 e. The molecular weight excluding hydrogens is 156 g/mol. The SMILES string of the molecule is NC(=O)NOC(=O)O.[Ca+2].[H-].[H-]. The van der Waals surface area contributed by atoms with Gasteiger partial charge in [0.2, 0.25) is 0 Å². The van der Waals surface area contributed by atoms with Crippen molar-refractivity contribution in [2.24, 2.45) is 5.73 Å². The average molecular weight is 162 g/mol. The minimum atomic E-state index is -1.61. The molecule has 0 fully saturated rings. The van der Waals surface area contributed by atoms with Gasteiger partial charge in [0.25, 0.3) is 0 Å². The molecule has 0 aliphatic rings. The van der Waals surface area contributed by atoms with Crippen LogP contribution in [0.4, 0.5) is 9.59 Å². The molecule has 0 aliphatic carbocycles. The summed E-state index contributed by atoms with van der Waals surface area (Å²) in [5, 5.41) is 7.67. The van der Waals surface area contributed by atoms with Crippen LogP contribution < -0.4 is 11.2 Å². The molecule has 0 saturated carbocycles. The number of hydrogen-bond acceptors (Lipinski definition) is 3. The van der Waals surface area contributed by atoms with Gasteiger partial charge in [-0.2, -0.15) is 5.48 Å². The fourth-order valence-corrected chi connectivity index (χ4v) is 0.0940. The van der Waals surface area contributed by atoms with E-state index in [-0.39, 0.29) is 40.6 Å². The van der Waals surface area contributed by atoms with Crippen LogP contribution in [0.1, 0.15) is 2.85 Å². The van der Waals surface area contributed by atoms with Crippen molar-refractivity contribution in [1.29, 1.82) is 0 Å². The molecule has 0 aliphatic heterocycles. The number of rotatable bonds is 0. The smallest absolute Gasteiger partial charge is 1.00 e. The number of carboxylic acid groups (broad SMARTS) is 1. The third-order valence-electron chi connectivity index (χ3n) is 0.239. The molecule has 50 valence electrons. The van der Waals surface area contributed by atoms with Crippen LogP contribution >= 0.6 is 0 Å². The van der Waals surface area contributed by atoms with E-state index in [0.717, 1.165) is 0 Å². The maximum absolute atomic E-state index is 9.63. The summed E-state index contributed by atoms with van der Waals surface area (Å²) in [5.74, 6) is 0. The number of amides is 2. The van der Waals surface area contributed by atoms with Crippen LogP contribution in [0.25, 0.3) is 0 Å². The maximum Gasteiger partial charge on any atom is 2.00 e. The first-order valence-corrected chi connectivity index (χ1v) is 1.58. The van der Waals surface area contributed by atoms with Gasteiger partial charge in [-0.3, -0.25) is 0 Å². The molecule has 0 rings (SSSR count). The molecule has 0 heterocycles. The minimum absolute atomic E-state index is 0. The van der Waals surface area contributed by atoms with Crippen molar-refractivity contribution in [1.82, 2.24) is 5.48 Å². The summed E-state index contributed by atoms with van der Waals surface area (Å²) in [7, 11) is 0. The van der Waals surface area contributed by atoms with Crippen molar-refractivity contribution >= 4 is 49.9 Å². The van der Waals surface area contributed by atoms with Gasteiger partial charge in [0.15, 0.2) is 0 Å². The topological polar surface area (TPSA) is 102 Å². The molecule has 0 spiro atoms. The number of hydroxylamine groups is 1. The zero-order chi connectivity index (χ0) is 6.57. The van der Waals surface area contributed by atoms with Crippen LogP contribution in [-0.4, -0.2) is 55.0 Å². The first kappa shape index (κ1) is 11.6. The van der Waals surface area contributed by atoms with E-state index in [1.807, 2.05) is 0 Å². The van der Waals surface area contributed by atoms with Gasteiger partial charge in [0, 0.05) is 0 Å². The molecule has 0 saturated heterocycles. The molecule has 9 heavy (non-hydrogen) atoms. The van der Waals surface area contributed by atoms with Crippen molar-refractivity contribution in [3.63, 3.8) is 0 Å². The van der Waals surface area contributed by atoms with E-state index in [1.165, 1.54) is 5.48 Å². The Labute approximate surface area is 83.3 Å². The number of carbonyl (C=O) groups excluding carboxylic acids is 1. The second kappa shape index (κ2) is 5.93. The summed E-state index contributed by atoms with van der Waals surface area (Å²) < 4.78 is 0. The van der Waals surface area contributed by atoms with Crippen LogP contribution in [-0.2, 0) is 4.84 Å². The molecule has 0 aromatic rings. The zero-order valence-corrected chi connectivity index (χ0v) is 6.66. The van der Waals surface area contributed by atoms with Crippen molar-refractivity contribution in [2.75, 3.05) is 0 Å². The molecule has 0 unspecified atom stereocenters. The molecule has 0 aromatic heterocycles. The van der Waals surface area contributed by atoms with E-state index >= 15 is 0 Å². The Morgan fingerprint density at radius 1 is 1.67 bits per heavy atom. The Balaban J connectivity index is -0.0000000817. The molecule has 6 nitrogen and oxygen atoms in total. The summed E-state index contributed by atoms with van der Waals surface area (Å²) in [6, 6.07) is -1.05. The van der Waals surface area contributed by atoms with Crippen LogP contribution in [0.2, 0.25) is 0 Å². The fourth-order valence-electron chi connectivity index (χ4n) is 0.0940. The van der Waals surface area contributed by atoms with Gasteiger partial charge in [-0.15, -0.1) is 0 Å². The van der Waals surface area contributed by atoms with Gasteiger partial charge in [0.05, 0.1) is 0 Å². The summed E-state index contributed by atoms with van der Waals surface area (Å²) in [6.45, 7) is 0. The minimum Gasteiger partial charge on any atom is -1.00 e. The van der Waals surface area contributed by atoms with E-state index < -0.39 is 12.2 Å². The van der Waals surface area contributed by atoms with E-state index in [0.29, 0.717) is 0 Å². The summed E-state index contributed by atoms with van der Waals surface area (Å²) in [5.41, 5.74) is 5.79. The first-order valence-electron chi connectivity index (χ1n) is 1.58. The molecular formula is C2H6CaN2O4. The fraction of sp³-hybridized carbons (Fsp3) is 0. The first-order chi connectivity index (χ1) is 3.63. The van der Waals surface area contributed by atoms with Gasteiger partial charge in [-0.05, 0) is 0 Å². The second-order valence-corrected chi connectivity index (χ2v) is 0.834. The van der Waals surface area contributed by atoms with E-state index in [1.54, 1.807) is 0 Å². The Bertz CT molecular complexity index is 109. The number of nitrogens with one attached hydrogen (secondary N) is 1. The van der Waals surface area contributed by atoms with Crippen molar-refractivity contribution < 1.29 is 22.4 Å². The van der Waals surface area contributed by atoms with E-state index in [4.69, 9.17) is 5.11 Å². The molecule has 4 N–H and O–H groups in total. The molecule has 2 amide bonds. The van der Waals surface area contributed by atoms with Gasteiger partial charge in [0.1, 0.15) is 0 Å². The van der Waals surface area contributed by atoms with Crippen LogP contribution in [0.15, 0.2) is 0 Å². The van der Waals surface area contributed by atoms with Crippen LogP contribution in [0, 0.1) is 0 Å². The van der Waals surface area contributed by atoms with Crippen molar-refractivity contribution in [3.8, 4) is 0 Å². The van der Waals surface area contributed by atoms with Gasteiger partial charge >= 0.3 is 49.9 Å². The Morgan fingerprint density at radius 3 is 2.22 bits per heavy atom. The molecule has 0 bridgehead atoms. The normalized spacial score (nSPS) is 6.67. The number of primary amides is 1. The average Bonchev–Trinajstić information content (AvgIpc) is 1.61. The maximum atomic E-state index is 9.63. The summed E-state index contributed by atoms with van der Waals surface area (Å²) in [6.07, 6.45) is -1.61. The Morgan fingerprint density at radius 2 is 2.11 bits per heavy atom. The molecule has 0 radical (unpaired) electrons. The van der Waals surface area contributed by atoms with Gasteiger partial charge in [-0.1, -0.05) is 0 Å². The number of hydrogen-bond donors (Lipinski definition) is 3. The third-order valence-corrected chi connectivity index (χ3v) is 0.239. The summed E-state index contributed by atoms with van der Waals surface area (Å²) >= 11 is 0. The second-order valence-electron chi connectivity index (χ2n) is 0.834. The van der Waals surface area contributed by atoms with Gasteiger partial charge in [-0.25, -0.2) is 9.59 Å². The monoisotopic (exact) mass is 162 g/mol. The molecule has 0 atom stereocenters. The Hall–Kier alpha value is -0.200.